The van der Waals surface area contributed by atoms with E-state index in [1.165, 1.54) is 11.3 Å². The number of hydrogen-bond acceptors (Lipinski definition) is 4. The smallest absolute Gasteiger partial charge is 0.270 e. The van der Waals surface area contributed by atoms with Crippen LogP contribution in [0.2, 0.25) is 0 Å². The van der Waals surface area contributed by atoms with Gasteiger partial charge in [-0.05, 0) is 48.7 Å². The second-order valence-corrected chi connectivity index (χ2v) is 6.05. The summed E-state index contributed by atoms with van der Waals surface area (Å²) in [4.78, 5) is 18.9. The SMILES string of the molecule is O=C(NCc1ccco1)c1cc(N2CCCc3ccccc32)ccn1. The topological polar surface area (TPSA) is 58.4 Å². The molecule has 1 aromatic carbocycles. The lowest BCUT2D eigenvalue weighted by Crippen LogP contribution is -2.26. The lowest BCUT2D eigenvalue weighted by molar-refractivity contribution is 0.0943. The summed E-state index contributed by atoms with van der Waals surface area (Å²) in [5.41, 5.74) is 3.95. The van der Waals surface area contributed by atoms with E-state index in [0.29, 0.717) is 12.2 Å². The number of nitrogens with zero attached hydrogens (tertiary/aromatic N) is 2. The maximum absolute atomic E-state index is 12.4. The summed E-state index contributed by atoms with van der Waals surface area (Å²) >= 11 is 0. The average Bonchev–Trinajstić information content (AvgIpc) is 3.19. The molecule has 3 heterocycles. The molecule has 0 fully saturated rings. The van der Waals surface area contributed by atoms with Crippen molar-refractivity contribution in [2.45, 2.75) is 19.4 Å². The highest BCUT2D eigenvalue weighted by Crippen LogP contribution is 2.33. The van der Waals surface area contributed by atoms with Crippen LogP contribution in [0, 0.1) is 0 Å². The first-order valence-corrected chi connectivity index (χ1v) is 8.43. The van der Waals surface area contributed by atoms with Gasteiger partial charge in [0.05, 0.1) is 12.8 Å². The maximum atomic E-state index is 12.4. The number of anilines is 2. The molecule has 5 heteroatoms. The molecule has 0 aliphatic carbocycles. The largest absolute Gasteiger partial charge is 0.467 e. The van der Waals surface area contributed by atoms with Crippen molar-refractivity contribution in [3.05, 3.63) is 78.0 Å². The highest BCUT2D eigenvalue weighted by molar-refractivity contribution is 5.93. The Morgan fingerprint density at radius 2 is 2.12 bits per heavy atom. The second-order valence-electron chi connectivity index (χ2n) is 6.05. The first-order chi connectivity index (χ1) is 12.3. The van der Waals surface area contributed by atoms with Gasteiger partial charge < -0.3 is 14.6 Å². The van der Waals surface area contributed by atoms with Gasteiger partial charge in [-0.15, -0.1) is 0 Å². The molecule has 1 aliphatic rings. The fraction of sp³-hybridized carbons (Fsp3) is 0.200. The number of aryl methyl sites for hydroxylation is 1. The Balaban J connectivity index is 1.55. The number of nitrogens with one attached hydrogen (secondary N) is 1. The Bertz CT molecular complexity index is 874. The van der Waals surface area contributed by atoms with Gasteiger partial charge in [0.1, 0.15) is 11.5 Å². The molecule has 5 nitrogen and oxygen atoms in total. The molecule has 0 saturated heterocycles. The van der Waals surface area contributed by atoms with E-state index in [-0.39, 0.29) is 5.91 Å². The number of aromatic nitrogens is 1. The van der Waals surface area contributed by atoms with Crippen LogP contribution in [-0.2, 0) is 13.0 Å². The lowest BCUT2D eigenvalue weighted by atomic mass is 10.0. The fourth-order valence-electron chi connectivity index (χ4n) is 3.18. The monoisotopic (exact) mass is 333 g/mol. The third kappa shape index (κ3) is 3.26. The summed E-state index contributed by atoms with van der Waals surface area (Å²) in [5, 5.41) is 2.84. The molecular formula is C20H19N3O2. The molecule has 1 aliphatic heterocycles. The predicted octanol–water partition coefficient (Wildman–Crippen LogP) is 3.69. The second kappa shape index (κ2) is 6.81. The van der Waals surface area contributed by atoms with E-state index in [2.05, 4.69) is 39.5 Å². The highest BCUT2D eigenvalue weighted by atomic mass is 16.3. The summed E-state index contributed by atoms with van der Waals surface area (Å²) in [6, 6.07) is 15.8. The van der Waals surface area contributed by atoms with Crippen molar-refractivity contribution >= 4 is 17.3 Å². The quantitative estimate of drug-likeness (QED) is 0.791. The van der Waals surface area contributed by atoms with Crippen LogP contribution in [0.1, 0.15) is 28.2 Å². The molecule has 0 radical (unpaired) electrons. The Kier molecular flexibility index (Phi) is 4.21. The molecule has 2 aromatic heterocycles. The molecule has 0 spiro atoms. The van der Waals surface area contributed by atoms with Gasteiger partial charge in [0.25, 0.3) is 5.91 Å². The van der Waals surface area contributed by atoms with Crippen LogP contribution < -0.4 is 10.2 Å². The van der Waals surface area contributed by atoms with Gasteiger partial charge in [0.15, 0.2) is 0 Å². The Labute approximate surface area is 146 Å². The predicted molar refractivity (Wildman–Crippen MR) is 95.9 cm³/mol. The van der Waals surface area contributed by atoms with E-state index in [1.807, 2.05) is 18.2 Å². The third-order valence-electron chi connectivity index (χ3n) is 4.40. The molecular weight excluding hydrogens is 314 g/mol. The van der Waals surface area contributed by atoms with Crippen molar-refractivity contribution < 1.29 is 9.21 Å². The molecule has 126 valence electrons. The number of amides is 1. The minimum atomic E-state index is -0.205. The van der Waals surface area contributed by atoms with Gasteiger partial charge in [0.2, 0.25) is 0 Å². The van der Waals surface area contributed by atoms with Crippen molar-refractivity contribution in [2.24, 2.45) is 0 Å². The number of carbonyl (C=O) groups excluding carboxylic acids is 1. The van der Waals surface area contributed by atoms with Crippen LogP contribution in [0.5, 0.6) is 0 Å². The Hall–Kier alpha value is -3.08. The molecule has 0 atom stereocenters. The van der Waals surface area contributed by atoms with Gasteiger partial charge in [-0.3, -0.25) is 9.78 Å². The summed E-state index contributed by atoms with van der Waals surface area (Å²) in [6.45, 7) is 1.29. The van der Waals surface area contributed by atoms with Gasteiger partial charge in [-0.2, -0.15) is 0 Å². The number of benzene rings is 1. The highest BCUT2D eigenvalue weighted by Gasteiger charge is 2.19. The van der Waals surface area contributed by atoms with E-state index in [1.54, 1.807) is 18.5 Å². The third-order valence-corrected chi connectivity index (χ3v) is 4.40. The molecule has 0 saturated carbocycles. The molecule has 0 bridgehead atoms. The zero-order chi connectivity index (χ0) is 17.1. The van der Waals surface area contributed by atoms with Crippen molar-refractivity contribution in [3.8, 4) is 0 Å². The van der Waals surface area contributed by atoms with E-state index in [0.717, 1.165) is 30.8 Å². The van der Waals surface area contributed by atoms with E-state index in [9.17, 15) is 4.79 Å². The number of hydrogen-bond donors (Lipinski definition) is 1. The number of pyridine rings is 1. The van der Waals surface area contributed by atoms with E-state index < -0.39 is 0 Å². The number of carbonyl (C=O) groups is 1. The van der Waals surface area contributed by atoms with Gasteiger partial charge in [0, 0.05) is 24.1 Å². The molecule has 1 N–H and O–H groups in total. The summed E-state index contributed by atoms with van der Waals surface area (Å²) < 4.78 is 5.23. The van der Waals surface area contributed by atoms with Crippen LogP contribution in [0.15, 0.2) is 65.4 Å². The summed E-state index contributed by atoms with van der Waals surface area (Å²) in [5.74, 6) is 0.512. The summed E-state index contributed by atoms with van der Waals surface area (Å²) in [6.07, 6.45) is 5.47. The minimum Gasteiger partial charge on any atom is -0.467 e. The van der Waals surface area contributed by atoms with Gasteiger partial charge in [-0.25, -0.2) is 0 Å². The fourth-order valence-corrected chi connectivity index (χ4v) is 3.18. The number of fused-ring (bicyclic) bond motifs is 1. The molecule has 0 unspecified atom stereocenters. The zero-order valence-corrected chi connectivity index (χ0v) is 13.8. The molecule has 4 rings (SSSR count). The minimum absolute atomic E-state index is 0.205. The maximum Gasteiger partial charge on any atom is 0.270 e. The number of rotatable bonds is 4. The summed E-state index contributed by atoms with van der Waals surface area (Å²) in [7, 11) is 0. The number of furan rings is 1. The van der Waals surface area contributed by atoms with Gasteiger partial charge in [-0.1, -0.05) is 18.2 Å². The van der Waals surface area contributed by atoms with Crippen LogP contribution in [0.4, 0.5) is 11.4 Å². The van der Waals surface area contributed by atoms with Crippen molar-refractivity contribution in [1.82, 2.24) is 10.3 Å². The van der Waals surface area contributed by atoms with Crippen LogP contribution in [0.25, 0.3) is 0 Å². The molecule has 1 amide bonds. The normalized spacial score (nSPS) is 13.4. The van der Waals surface area contributed by atoms with E-state index in [4.69, 9.17) is 4.42 Å². The lowest BCUT2D eigenvalue weighted by Gasteiger charge is -2.31. The van der Waals surface area contributed by atoms with Crippen molar-refractivity contribution in [3.63, 3.8) is 0 Å². The van der Waals surface area contributed by atoms with Crippen LogP contribution >= 0.6 is 0 Å². The Morgan fingerprint density at radius 1 is 1.20 bits per heavy atom. The standard InChI is InChI=1S/C20H19N3O2/c24-20(22-14-17-7-4-12-25-17)18-13-16(9-10-21-18)23-11-3-6-15-5-1-2-8-19(15)23/h1-2,4-5,7-10,12-13H,3,6,11,14H2,(H,22,24). The molecule has 3 aromatic rings. The zero-order valence-electron chi connectivity index (χ0n) is 13.8. The van der Waals surface area contributed by atoms with Crippen LogP contribution in [0.3, 0.4) is 0 Å². The van der Waals surface area contributed by atoms with Crippen molar-refractivity contribution in [2.75, 3.05) is 11.4 Å². The first kappa shape index (κ1) is 15.4. The number of para-hydroxylation sites is 1. The first-order valence-electron chi connectivity index (χ1n) is 8.43. The van der Waals surface area contributed by atoms with E-state index >= 15 is 0 Å². The van der Waals surface area contributed by atoms with Crippen LogP contribution in [-0.4, -0.2) is 17.4 Å². The van der Waals surface area contributed by atoms with Gasteiger partial charge >= 0.3 is 0 Å². The Morgan fingerprint density at radius 3 is 3.00 bits per heavy atom. The van der Waals surface area contributed by atoms with Crippen molar-refractivity contribution in [1.29, 1.82) is 0 Å². The average molecular weight is 333 g/mol. The molecule has 25 heavy (non-hydrogen) atoms.